The van der Waals surface area contributed by atoms with Crippen molar-refractivity contribution in [3.63, 3.8) is 0 Å². The van der Waals surface area contributed by atoms with Crippen LogP contribution in [-0.4, -0.2) is 41.3 Å². The Hall–Kier alpha value is -2.60. The number of aliphatic hydroxyl groups excluding tert-OH is 1. The van der Waals surface area contributed by atoms with E-state index < -0.39 is 6.10 Å². The first-order valence-electron chi connectivity index (χ1n) is 11.2. The molecule has 0 unspecified atom stereocenters. The fourth-order valence-corrected chi connectivity index (χ4v) is 4.22. The summed E-state index contributed by atoms with van der Waals surface area (Å²) in [6, 6.07) is 11.1. The molecule has 4 rings (SSSR count). The van der Waals surface area contributed by atoms with Crippen LogP contribution in [0.3, 0.4) is 0 Å². The number of ether oxygens (including phenoxy) is 1. The monoisotopic (exact) mass is 409 g/mol. The van der Waals surface area contributed by atoms with Crippen molar-refractivity contribution < 1.29 is 14.6 Å². The van der Waals surface area contributed by atoms with E-state index in [-0.39, 0.29) is 12.0 Å². The molecule has 2 atom stereocenters. The van der Waals surface area contributed by atoms with E-state index in [4.69, 9.17) is 4.74 Å². The zero-order valence-electron chi connectivity index (χ0n) is 17.4. The van der Waals surface area contributed by atoms with Crippen molar-refractivity contribution in [2.75, 3.05) is 23.3 Å². The van der Waals surface area contributed by atoms with Crippen LogP contribution >= 0.6 is 0 Å². The summed E-state index contributed by atoms with van der Waals surface area (Å²) in [7, 11) is 0. The molecule has 1 aromatic heterocycles. The van der Waals surface area contributed by atoms with Crippen LogP contribution in [0.15, 0.2) is 42.6 Å². The third-order valence-electron chi connectivity index (χ3n) is 6.01. The largest absolute Gasteiger partial charge is 0.488 e. The van der Waals surface area contributed by atoms with Gasteiger partial charge >= 0.3 is 0 Å². The van der Waals surface area contributed by atoms with E-state index in [0.717, 1.165) is 44.6 Å². The van der Waals surface area contributed by atoms with Gasteiger partial charge < -0.3 is 20.1 Å². The van der Waals surface area contributed by atoms with Gasteiger partial charge in [0.1, 0.15) is 17.7 Å². The second kappa shape index (κ2) is 9.94. The van der Waals surface area contributed by atoms with Gasteiger partial charge in [0.25, 0.3) is 5.91 Å². The third-order valence-corrected chi connectivity index (χ3v) is 6.01. The maximum atomic E-state index is 12.6. The highest BCUT2D eigenvalue weighted by Gasteiger charge is 2.24. The molecule has 160 valence electrons. The molecule has 6 nitrogen and oxygen atoms in total. The van der Waals surface area contributed by atoms with Gasteiger partial charge in [-0.25, -0.2) is 4.98 Å². The molecule has 0 radical (unpaired) electrons. The lowest BCUT2D eigenvalue weighted by Crippen LogP contribution is -2.34. The molecule has 30 heavy (non-hydrogen) atoms. The van der Waals surface area contributed by atoms with Crippen molar-refractivity contribution in [2.24, 2.45) is 0 Å². The summed E-state index contributed by atoms with van der Waals surface area (Å²) >= 11 is 0. The highest BCUT2D eigenvalue weighted by molar-refractivity contribution is 6.04. The molecule has 1 aromatic carbocycles. The Morgan fingerprint density at radius 1 is 0.967 bits per heavy atom. The Balaban J connectivity index is 1.33. The topological polar surface area (TPSA) is 74.7 Å². The molecule has 1 aliphatic carbocycles. The maximum absolute atomic E-state index is 12.6. The summed E-state index contributed by atoms with van der Waals surface area (Å²) in [6.07, 6.45) is 9.87. The third kappa shape index (κ3) is 5.30. The molecule has 2 aromatic rings. The van der Waals surface area contributed by atoms with Crippen LogP contribution in [0.5, 0.6) is 5.75 Å². The summed E-state index contributed by atoms with van der Waals surface area (Å²) in [5, 5.41) is 13.0. The zero-order chi connectivity index (χ0) is 20.8. The molecular weight excluding hydrogens is 378 g/mol. The minimum Gasteiger partial charge on any atom is -0.488 e. The lowest BCUT2D eigenvalue weighted by atomic mass is 9.95. The number of anilines is 2. The number of carbonyl (C=O) groups is 1. The van der Waals surface area contributed by atoms with Gasteiger partial charge in [-0.2, -0.15) is 0 Å². The first-order chi connectivity index (χ1) is 14.7. The smallest absolute Gasteiger partial charge is 0.257 e. The molecule has 0 spiro atoms. The molecule has 1 aliphatic heterocycles. The Morgan fingerprint density at radius 3 is 2.37 bits per heavy atom. The lowest BCUT2D eigenvalue weighted by Gasteiger charge is -2.28. The van der Waals surface area contributed by atoms with E-state index in [1.54, 1.807) is 6.20 Å². The van der Waals surface area contributed by atoms with Crippen LogP contribution in [0.25, 0.3) is 0 Å². The molecule has 0 bridgehead atoms. The van der Waals surface area contributed by atoms with E-state index in [2.05, 4.69) is 15.2 Å². The number of amides is 1. The van der Waals surface area contributed by atoms with E-state index in [1.807, 2.05) is 36.4 Å². The molecule has 2 heterocycles. The Morgan fingerprint density at radius 2 is 1.70 bits per heavy atom. The van der Waals surface area contributed by atoms with E-state index in [0.29, 0.717) is 17.0 Å². The number of nitrogens with one attached hydrogen (secondary N) is 1. The fraction of sp³-hybridized carbons (Fsp3) is 0.500. The summed E-state index contributed by atoms with van der Waals surface area (Å²) in [4.78, 5) is 19.4. The normalized spacial score (nSPS) is 22.2. The maximum Gasteiger partial charge on any atom is 0.257 e. The lowest BCUT2D eigenvalue weighted by molar-refractivity contribution is 0.00688. The molecule has 6 heteroatoms. The number of rotatable bonds is 5. The van der Waals surface area contributed by atoms with E-state index in [9.17, 15) is 9.90 Å². The van der Waals surface area contributed by atoms with Crippen molar-refractivity contribution in [3.05, 3.63) is 48.2 Å². The average Bonchev–Trinajstić information content (AvgIpc) is 3.06. The fourth-order valence-electron chi connectivity index (χ4n) is 4.22. The van der Waals surface area contributed by atoms with Crippen LogP contribution in [0.4, 0.5) is 11.5 Å². The average molecular weight is 410 g/mol. The number of hydrogen-bond donors (Lipinski definition) is 2. The van der Waals surface area contributed by atoms with Gasteiger partial charge in [0, 0.05) is 25.0 Å². The predicted molar refractivity (Wildman–Crippen MR) is 118 cm³/mol. The van der Waals surface area contributed by atoms with Crippen LogP contribution in [0.1, 0.15) is 61.7 Å². The number of pyridine rings is 1. The first kappa shape index (κ1) is 20.7. The standard InChI is InChI=1S/C24H31N3O3/c28-21-7-3-4-8-22(21)30-20-12-10-19(11-13-20)26-24(29)18-9-14-23(25-17-18)27-15-5-1-2-6-16-27/h9-14,17,21-22,28H,1-8,15-16H2,(H,26,29)/t21-,22+/m1/s1. The van der Waals surface area contributed by atoms with Gasteiger partial charge in [0.2, 0.25) is 0 Å². The summed E-state index contributed by atoms with van der Waals surface area (Å²) in [6.45, 7) is 2.07. The summed E-state index contributed by atoms with van der Waals surface area (Å²) in [5.74, 6) is 1.48. The summed E-state index contributed by atoms with van der Waals surface area (Å²) in [5.41, 5.74) is 1.24. The zero-order valence-corrected chi connectivity index (χ0v) is 17.4. The molecule has 2 fully saturated rings. The molecule has 2 aliphatic rings. The summed E-state index contributed by atoms with van der Waals surface area (Å²) < 4.78 is 5.91. The minimum atomic E-state index is -0.400. The van der Waals surface area contributed by atoms with Gasteiger partial charge in [-0.15, -0.1) is 0 Å². The van der Waals surface area contributed by atoms with Crippen LogP contribution in [0, 0.1) is 0 Å². The number of nitrogens with zero attached hydrogens (tertiary/aromatic N) is 2. The highest BCUT2D eigenvalue weighted by Crippen LogP contribution is 2.25. The van der Waals surface area contributed by atoms with Crippen LogP contribution in [0.2, 0.25) is 0 Å². The number of carbonyl (C=O) groups excluding carboxylic acids is 1. The number of hydrogen-bond acceptors (Lipinski definition) is 5. The Bertz CT molecular complexity index is 815. The quantitative estimate of drug-likeness (QED) is 0.766. The Labute approximate surface area is 178 Å². The molecule has 1 saturated carbocycles. The van der Waals surface area contributed by atoms with Crippen LogP contribution in [-0.2, 0) is 0 Å². The van der Waals surface area contributed by atoms with Gasteiger partial charge in [0.05, 0.1) is 11.7 Å². The Kier molecular flexibility index (Phi) is 6.84. The van der Waals surface area contributed by atoms with Crippen molar-refractivity contribution in [1.29, 1.82) is 0 Å². The second-order valence-electron chi connectivity index (χ2n) is 8.29. The van der Waals surface area contributed by atoms with Crippen LogP contribution < -0.4 is 15.0 Å². The molecule has 1 amide bonds. The van der Waals surface area contributed by atoms with Gasteiger partial charge in [-0.05, 0) is 68.5 Å². The van der Waals surface area contributed by atoms with Crippen molar-refractivity contribution in [1.82, 2.24) is 4.98 Å². The second-order valence-corrected chi connectivity index (χ2v) is 8.29. The molecule has 1 saturated heterocycles. The minimum absolute atomic E-state index is 0.145. The predicted octanol–water partition coefficient (Wildman–Crippen LogP) is 4.40. The number of aliphatic hydroxyl groups is 1. The van der Waals surface area contributed by atoms with Crippen molar-refractivity contribution >= 4 is 17.4 Å². The molecular formula is C24H31N3O3. The van der Waals surface area contributed by atoms with Gasteiger partial charge in [-0.3, -0.25) is 4.79 Å². The number of benzene rings is 1. The van der Waals surface area contributed by atoms with Gasteiger partial charge in [0.15, 0.2) is 0 Å². The van der Waals surface area contributed by atoms with Crippen molar-refractivity contribution in [2.45, 2.75) is 63.6 Å². The van der Waals surface area contributed by atoms with E-state index in [1.165, 1.54) is 25.7 Å². The SMILES string of the molecule is O=C(Nc1ccc(O[C@H]2CCCC[C@H]2O)cc1)c1ccc(N2CCCCCC2)nc1. The van der Waals surface area contributed by atoms with Gasteiger partial charge in [-0.1, -0.05) is 19.3 Å². The molecule has 2 N–H and O–H groups in total. The number of aromatic nitrogens is 1. The van der Waals surface area contributed by atoms with Crippen molar-refractivity contribution in [3.8, 4) is 5.75 Å². The van der Waals surface area contributed by atoms with E-state index >= 15 is 0 Å². The first-order valence-corrected chi connectivity index (χ1v) is 11.2. The highest BCUT2D eigenvalue weighted by atomic mass is 16.5.